The number of benzene rings is 6. The van der Waals surface area contributed by atoms with Crippen molar-refractivity contribution in [1.82, 2.24) is 14.8 Å². The Bertz CT molecular complexity index is 4320. The lowest BCUT2D eigenvalue weighted by Crippen LogP contribution is -2.14. The summed E-state index contributed by atoms with van der Waals surface area (Å²) in [5.74, 6) is -4.38. The number of aliphatic hydroxyl groups excluding tert-OH is 2. The Hall–Kier alpha value is -13.3. The van der Waals surface area contributed by atoms with Crippen LogP contribution in [0.15, 0.2) is 182 Å². The van der Waals surface area contributed by atoms with Crippen LogP contribution < -0.4 is 50.8 Å². The standard InChI is InChI=1S/C18H18N4O6.C13H11N3O5S.C11H14N2O5.C11H10N2O3.C11H14N2O3/c1-27-11-3-5-15(13(9-11)17(23)24)21-19-7-8-20-22-16-6-4-12(28-2)10-14(16)18(25)26;17-13(18)10-5-3-7-14-12(10)16-15-8-9-4-1-2-6-11(9)22(19,20)21;1-18-8-2-3-10(9(4-8)11(16)17)13-12-5-7(15)6-14;1-16-8-3-4-10(9(7-8)11(14)15)13-6-2-5-12-13;1-7(2)12-13-10-5-4-8(16-3)6-9(10)11(14)15/h3-10,21-22H,1-2H3,(H,23,24)(H,25,26);1-8H,(H,14,16)(H,17,18)(H,19,20,21);2-5,7,13-15H,6H2,1H3,(H,16,17);2-7H,1H3,(H,14,15);4-6,13H,1-3H3,(H,14,15)/p-1/b19-7+,20-8+;15-8+;12-5+;;. The van der Waals surface area contributed by atoms with Gasteiger partial charge >= 0.3 is 35.8 Å². The Labute approximate surface area is 569 Å². The first-order valence-electron chi connectivity index (χ1n) is 28.2. The largest absolute Gasteiger partial charge is 0.744 e. The summed E-state index contributed by atoms with van der Waals surface area (Å²) in [5.41, 5.74) is 15.6. The van der Waals surface area contributed by atoms with Crippen LogP contribution in [0.4, 0.5) is 28.6 Å². The van der Waals surface area contributed by atoms with Gasteiger partial charge in [-0.2, -0.15) is 30.6 Å². The lowest BCUT2D eigenvalue weighted by molar-refractivity contribution is 0.0685. The third kappa shape index (κ3) is 25.4. The van der Waals surface area contributed by atoms with Gasteiger partial charge in [0.1, 0.15) is 50.5 Å². The molecule has 36 heteroatoms. The Morgan fingerprint density at radius 3 is 1.31 bits per heavy atom. The Morgan fingerprint density at radius 1 is 0.510 bits per heavy atom. The van der Waals surface area contributed by atoms with Crippen LogP contribution in [0.25, 0.3) is 5.69 Å². The van der Waals surface area contributed by atoms with E-state index in [-0.39, 0.29) is 61.8 Å². The zero-order valence-electron chi connectivity index (χ0n) is 53.8. The van der Waals surface area contributed by atoms with Crippen LogP contribution in [0, 0.1) is 0 Å². The van der Waals surface area contributed by atoms with Gasteiger partial charge in [-0.25, -0.2) is 46.9 Å². The molecule has 0 radical (unpaired) electrons. The van der Waals surface area contributed by atoms with Crippen LogP contribution in [0.2, 0.25) is 0 Å². The molecule has 100 heavy (non-hydrogen) atoms. The maximum absolute atomic E-state index is 11.3. The van der Waals surface area contributed by atoms with Crippen LogP contribution >= 0.6 is 0 Å². The quantitative estimate of drug-likeness (QED) is 0.0133. The number of pyridine rings is 1. The van der Waals surface area contributed by atoms with Gasteiger partial charge in [-0.3, -0.25) is 27.1 Å². The van der Waals surface area contributed by atoms with Crippen molar-refractivity contribution in [3.05, 3.63) is 191 Å². The lowest BCUT2D eigenvalue weighted by atomic mass is 10.1. The van der Waals surface area contributed by atoms with Crippen molar-refractivity contribution in [3.8, 4) is 34.4 Å². The van der Waals surface area contributed by atoms with Crippen molar-refractivity contribution in [2.75, 3.05) is 69.3 Å². The smallest absolute Gasteiger partial charge is 0.339 e. The molecule has 8 aromatic rings. The van der Waals surface area contributed by atoms with Crippen LogP contribution in [-0.4, -0.2) is 183 Å². The number of hydrazone groups is 5. The molecule has 0 aliphatic carbocycles. The number of aliphatic hydroxyl groups is 2. The Morgan fingerprint density at radius 2 is 0.920 bits per heavy atom. The van der Waals surface area contributed by atoms with E-state index in [1.165, 1.54) is 132 Å². The number of nitrogens with zero attached hydrogens (tertiary/aromatic N) is 8. The van der Waals surface area contributed by atoms with Crippen molar-refractivity contribution >= 4 is 105 Å². The summed E-state index contributed by atoms with van der Waals surface area (Å²) in [6, 6.07) is 33.0. The van der Waals surface area contributed by atoms with Gasteiger partial charge in [-0.05, 0) is 129 Å². The number of aromatic carboxylic acids is 6. The second kappa shape index (κ2) is 40.2. The molecule has 0 spiro atoms. The van der Waals surface area contributed by atoms with E-state index in [9.17, 15) is 52.0 Å². The number of anilines is 5. The number of ether oxygens (including phenoxy) is 5. The molecule has 6 aromatic carbocycles. The van der Waals surface area contributed by atoms with E-state index >= 15 is 0 Å². The Balaban J connectivity index is 0.000000270. The molecule has 2 aromatic heterocycles. The van der Waals surface area contributed by atoms with Gasteiger partial charge in [0, 0.05) is 29.9 Å². The molecule has 0 saturated carbocycles. The molecule has 0 aliphatic rings. The zero-order valence-corrected chi connectivity index (χ0v) is 54.6. The van der Waals surface area contributed by atoms with E-state index in [0.717, 1.165) is 24.2 Å². The molecule has 0 saturated heterocycles. The molecule has 0 aliphatic heterocycles. The van der Waals surface area contributed by atoms with Gasteiger partial charge in [-0.15, -0.1) is 0 Å². The molecular weight excluding hydrogens is 1330 g/mol. The van der Waals surface area contributed by atoms with Gasteiger partial charge in [0.15, 0.2) is 5.82 Å². The zero-order chi connectivity index (χ0) is 73.9. The van der Waals surface area contributed by atoms with Gasteiger partial charge in [0.05, 0.1) is 128 Å². The summed E-state index contributed by atoms with van der Waals surface area (Å²) in [6.45, 7) is 3.17. The highest BCUT2D eigenvalue weighted by molar-refractivity contribution is 7.85. The third-order valence-corrected chi connectivity index (χ3v) is 13.1. The fraction of sp³-hybridized carbons (Fsp3) is 0.141. The number of aromatic nitrogens is 3. The van der Waals surface area contributed by atoms with E-state index in [4.69, 9.17) is 54.3 Å². The Kier molecular flexibility index (Phi) is 31.8. The second-order valence-corrected chi connectivity index (χ2v) is 20.5. The van der Waals surface area contributed by atoms with Crippen molar-refractivity contribution in [2.45, 2.75) is 24.8 Å². The van der Waals surface area contributed by atoms with Gasteiger partial charge in [0.2, 0.25) is 0 Å². The molecule has 8 rings (SSSR count). The molecule has 0 fully saturated rings. The first kappa shape index (κ1) is 79.1. The summed E-state index contributed by atoms with van der Waals surface area (Å²) in [7, 11) is 2.67. The molecule has 0 bridgehead atoms. The summed E-state index contributed by atoms with van der Waals surface area (Å²) in [5, 5.41) is 95.1. The monoisotopic (exact) mass is 1400 g/mol. The molecule has 1 unspecified atom stereocenters. The minimum absolute atomic E-state index is 0.00380. The molecule has 2 heterocycles. The number of nitrogens with one attached hydrogen (secondary N) is 5. The molecule has 1 atom stereocenters. The van der Waals surface area contributed by atoms with E-state index in [2.05, 4.69) is 62.7 Å². The fourth-order valence-electron chi connectivity index (χ4n) is 7.46. The van der Waals surface area contributed by atoms with E-state index in [1.54, 1.807) is 67.0 Å². The van der Waals surface area contributed by atoms with Crippen LogP contribution in [-0.2, 0) is 10.1 Å². The SMILES string of the molecule is COc1ccc(-n2cccn2)c(C(=O)O)c1.COc1ccc(N/N=C/C(O)CO)c(C(=O)O)c1.COc1ccc(N/N=C/C=N/Nc2ccc(OC)cc2C(=O)O)c(C(=O)O)c1.COc1ccc(NN=C(C)C)c(C(=O)O)c1.O=C(O)c1cccnc1N/N=C/c1ccccc1S(=O)(=O)[O-]. The van der Waals surface area contributed by atoms with Crippen LogP contribution in [0.5, 0.6) is 28.7 Å². The van der Waals surface area contributed by atoms with Crippen molar-refractivity contribution in [3.63, 3.8) is 0 Å². The van der Waals surface area contributed by atoms with Gasteiger partial charge in [0.25, 0.3) is 0 Å². The van der Waals surface area contributed by atoms with Gasteiger partial charge < -0.3 is 69.1 Å². The van der Waals surface area contributed by atoms with E-state index in [1.807, 2.05) is 13.8 Å². The number of carboxylic acid groups (broad SMARTS) is 6. The highest BCUT2D eigenvalue weighted by Gasteiger charge is 2.17. The molecular formula is C64H66N13O22S-. The van der Waals surface area contributed by atoms with Crippen LogP contribution in [0.3, 0.4) is 0 Å². The number of carbonyl (C=O) groups is 6. The number of methoxy groups -OCH3 is 5. The van der Waals surface area contributed by atoms with E-state index in [0.29, 0.717) is 40.1 Å². The molecule has 526 valence electrons. The average Bonchev–Trinajstić information content (AvgIpc) is 1.45. The number of hydrogen-bond donors (Lipinski definition) is 13. The summed E-state index contributed by atoms with van der Waals surface area (Å²) >= 11 is 0. The first-order valence-corrected chi connectivity index (χ1v) is 29.6. The number of carboxylic acids is 6. The number of hydrogen-bond acceptors (Lipinski definition) is 28. The average molecular weight is 1400 g/mol. The normalized spacial score (nSPS) is 10.9. The summed E-state index contributed by atoms with van der Waals surface area (Å²) in [4.78, 5) is 70.0. The number of rotatable bonds is 27. The highest BCUT2D eigenvalue weighted by Crippen LogP contribution is 2.27. The predicted octanol–water partition coefficient (Wildman–Crippen LogP) is 7.65. The third-order valence-electron chi connectivity index (χ3n) is 12.2. The van der Waals surface area contributed by atoms with Crippen molar-refractivity contribution in [1.29, 1.82) is 0 Å². The first-order chi connectivity index (χ1) is 47.7. The maximum atomic E-state index is 11.3. The van der Waals surface area contributed by atoms with Crippen LogP contribution in [0.1, 0.15) is 81.6 Å². The minimum Gasteiger partial charge on any atom is -0.744 e. The van der Waals surface area contributed by atoms with Crippen molar-refractivity contribution < 1.29 is 106 Å². The summed E-state index contributed by atoms with van der Waals surface area (Å²) in [6.07, 6.45) is 8.27. The molecule has 35 nitrogen and oxygen atoms in total. The second-order valence-electron chi connectivity index (χ2n) is 19.2. The van der Waals surface area contributed by atoms with Gasteiger partial charge in [-0.1, -0.05) is 18.2 Å². The lowest BCUT2D eigenvalue weighted by Gasteiger charge is -2.09. The summed E-state index contributed by atoms with van der Waals surface area (Å²) < 4.78 is 59.7. The van der Waals surface area contributed by atoms with E-state index < -0.39 is 63.5 Å². The fourth-order valence-corrected chi connectivity index (χ4v) is 8.12. The molecule has 13 N–H and O–H groups in total. The molecule has 0 amide bonds. The minimum atomic E-state index is -4.63. The highest BCUT2D eigenvalue weighted by atomic mass is 32.2. The maximum Gasteiger partial charge on any atom is 0.339 e. The topological polar surface area (TPSA) is 520 Å². The predicted molar refractivity (Wildman–Crippen MR) is 366 cm³/mol. The van der Waals surface area contributed by atoms with Crippen molar-refractivity contribution in [2.24, 2.45) is 25.5 Å².